The second-order valence-corrected chi connectivity index (χ2v) is 6.26. The van der Waals surface area contributed by atoms with Gasteiger partial charge in [-0.1, -0.05) is 91.0 Å². The topological polar surface area (TPSA) is 55.1 Å². The molecule has 1 aromatic heterocycles. The molecule has 0 atom stereocenters. The lowest BCUT2D eigenvalue weighted by atomic mass is 9.76. The summed E-state index contributed by atoms with van der Waals surface area (Å²) in [4.78, 5) is 16.1. The summed E-state index contributed by atoms with van der Waals surface area (Å²) in [5, 5.41) is 9.80. The van der Waals surface area contributed by atoms with Crippen molar-refractivity contribution in [3.05, 3.63) is 126 Å². The number of rotatable bonds is 5. The minimum atomic E-state index is -1.01. The van der Waals surface area contributed by atoms with E-state index in [9.17, 15) is 9.90 Å². The van der Waals surface area contributed by atoms with Gasteiger partial charge in [0.05, 0.1) is 12.5 Å². The number of carboxylic acids is 1. The van der Waals surface area contributed by atoms with Gasteiger partial charge < -0.3 is 9.67 Å². The monoisotopic (exact) mass is 354 g/mol. The SMILES string of the molecule is O=C(O)c1cncn1C(c1ccccc1)(c1ccccc1)c1ccccc1. The average Bonchev–Trinajstić information content (AvgIpc) is 3.22. The van der Waals surface area contributed by atoms with E-state index in [1.54, 1.807) is 10.9 Å². The number of benzene rings is 3. The number of aromatic nitrogens is 2. The van der Waals surface area contributed by atoms with Gasteiger partial charge in [-0.3, -0.25) is 0 Å². The Bertz CT molecular complexity index is 945. The molecule has 4 heteroatoms. The first-order valence-corrected chi connectivity index (χ1v) is 8.67. The Hall–Kier alpha value is -3.66. The van der Waals surface area contributed by atoms with E-state index >= 15 is 0 Å². The van der Waals surface area contributed by atoms with E-state index in [4.69, 9.17) is 0 Å². The molecule has 0 aliphatic heterocycles. The van der Waals surface area contributed by atoms with Crippen LogP contribution in [-0.4, -0.2) is 20.6 Å². The number of hydrogen-bond acceptors (Lipinski definition) is 2. The molecule has 4 aromatic rings. The lowest BCUT2D eigenvalue weighted by molar-refractivity contribution is 0.0682. The molecule has 0 unspecified atom stereocenters. The highest BCUT2D eigenvalue weighted by Gasteiger charge is 2.40. The Balaban J connectivity index is 2.17. The van der Waals surface area contributed by atoms with Crippen molar-refractivity contribution in [3.63, 3.8) is 0 Å². The van der Waals surface area contributed by atoms with Crippen LogP contribution in [0.1, 0.15) is 27.2 Å². The fraction of sp³-hybridized carbons (Fsp3) is 0.0435. The van der Waals surface area contributed by atoms with Gasteiger partial charge in [-0.2, -0.15) is 0 Å². The number of carboxylic acid groups (broad SMARTS) is 1. The highest BCUT2D eigenvalue weighted by atomic mass is 16.4. The van der Waals surface area contributed by atoms with Gasteiger partial charge in [0.1, 0.15) is 11.2 Å². The maximum Gasteiger partial charge on any atom is 0.354 e. The lowest BCUT2D eigenvalue weighted by Gasteiger charge is -2.38. The van der Waals surface area contributed by atoms with Gasteiger partial charge in [-0.15, -0.1) is 0 Å². The second kappa shape index (κ2) is 6.92. The van der Waals surface area contributed by atoms with Crippen LogP contribution >= 0.6 is 0 Å². The van der Waals surface area contributed by atoms with E-state index in [-0.39, 0.29) is 5.69 Å². The third kappa shape index (κ3) is 2.72. The Morgan fingerprint density at radius 3 is 1.52 bits per heavy atom. The van der Waals surface area contributed by atoms with E-state index in [0.29, 0.717) is 0 Å². The van der Waals surface area contributed by atoms with Crippen LogP contribution in [0.25, 0.3) is 0 Å². The van der Waals surface area contributed by atoms with Gasteiger partial charge >= 0.3 is 5.97 Å². The predicted molar refractivity (Wildman–Crippen MR) is 104 cm³/mol. The van der Waals surface area contributed by atoms with Gasteiger partial charge in [0, 0.05) is 0 Å². The maximum atomic E-state index is 12.0. The standard InChI is InChI=1S/C23H18N2O2/c26-22(27)21-16-24-17-25(21)23(18-10-4-1-5-11-18,19-12-6-2-7-13-19)20-14-8-3-9-15-20/h1-17H,(H,26,27). The predicted octanol–water partition coefficient (Wildman–Crippen LogP) is 4.42. The Kier molecular flexibility index (Phi) is 4.30. The largest absolute Gasteiger partial charge is 0.477 e. The zero-order chi connectivity index (χ0) is 18.7. The van der Waals surface area contributed by atoms with Crippen LogP contribution in [0.3, 0.4) is 0 Å². The molecule has 0 saturated carbocycles. The molecular formula is C23H18N2O2. The van der Waals surface area contributed by atoms with Crippen molar-refractivity contribution in [3.8, 4) is 0 Å². The van der Waals surface area contributed by atoms with E-state index in [1.165, 1.54) is 6.20 Å². The molecule has 0 fully saturated rings. The Morgan fingerprint density at radius 1 is 0.741 bits per heavy atom. The van der Waals surface area contributed by atoms with Crippen molar-refractivity contribution in [2.75, 3.05) is 0 Å². The van der Waals surface area contributed by atoms with Crippen molar-refractivity contribution in [1.82, 2.24) is 9.55 Å². The van der Waals surface area contributed by atoms with Crippen LogP contribution in [0, 0.1) is 0 Å². The van der Waals surface area contributed by atoms with Gasteiger partial charge in [-0.05, 0) is 16.7 Å². The van der Waals surface area contributed by atoms with Crippen LogP contribution in [0.15, 0.2) is 104 Å². The quantitative estimate of drug-likeness (QED) is 0.540. The van der Waals surface area contributed by atoms with Crippen molar-refractivity contribution in [1.29, 1.82) is 0 Å². The summed E-state index contributed by atoms with van der Waals surface area (Å²) < 4.78 is 1.75. The van der Waals surface area contributed by atoms with Crippen molar-refractivity contribution in [2.45, 2.75) is 5.54 Å². The number of hydrogen-bond donors (Lipinski definition) is 1. The molecular weight excluding hydrogens is 336 g/mol. The van der Waals surface area contributed by atoms with Crippen LogP contribution in [0.5, 0.6) is 0 Å². The fourth-order valence-electron chi connectivity index (χ4n) is 3.68. The summed E-state index contributed by atoms with van der Waals surface area (Å²) in [5.41, 5.74) is 2.16. The normalized spacial score (nSPS) is 11.3. The summed E-state index contributed by atoms with van der Waals surface area (Å²) in [6.45, 7) is 0. The van der Waals surface area contributed by atoms with Crippen molar-refractivity contribution >= 4 is 5.97 Å². The molecule has 1 N–H and O–H groups in total. The third-order valence-corrected chi connectivity index (χ3v) is 4.79. The van der Waals surface area contributed by atoms with Gasteiger partial charge in [0.25, 0.3) is 0 Å². The number of carbonyl (C=O) groups is 1. The van der Waals surface area contributed by atoms with E-state index < -0.39 is 11.5 Å². The third-order valence-electron chi connectivity index (χ3n) is 4.79. The summed E-state index contributed by atoms with van der Waals surface area (Å²) in [6.07, 6.45) is 2.99. The molecule has 27 heavy (non-hydrogen) atoms. The van der Waals surface area contributed by atoms with E-state index in [0.717, 1.165) is 16.7 Å². The van der Waals surface area contributed by atoms with E-state index in [2.05, 4.69) is 4.98 Å². The van der Waals surface area contributed by atoms with Crippen LogP contribution in [0.4, 0.5) is 0 Å². The second-order valence-electron chi connectivity index (χ2n) is 6.26. The molecule has 0 amide bonds. The Labute approximate surface area is 157 Å². The van der Waals surface area contributed by atoms with E-state index in [1.807, 2.05) is 91.0 Å². The highest BCUT2D eigenvalue weighted by molar-refractivity contribution is 5.86. The lowest BCUT2D eigenvalue weighted by Crippen LogP contribution is -2.39. The van der Waals surface area contributed by atoms with Crippen LogP contribution in [-0.2, 0) is 5.54 Å². The zero-order valence-electron chi connectivity index (χ0n) is 14.6. The Morgan fingerprint density at radius 2 is 1.15 bits per heavy atom. The van der Waals surface area contributed by atoms with Gasteiger partial charge in [-0.25, -0.2) is 9.78 Å². The molecule has 1 heterocycles. The van der Waals surface area contributed by atoms with Crippen LogP contribution in [0.2, 0.25) is 0 Å². The van der Waals surface area contributed by atoms with Gasteiger partial charge in [0.2, 0.25) is 0 Å². The number of imidazole rings is 1. The van der Waals surface area contributed by atoms with Crippen molar-refractivity contribution < 1.29 is 9.90 Å². The summed E-state index contributed by atoms with van der Waals surface area (Å²) in [7, 11) is 0. The summed E-state index contributed by atoms with van der Waals surface area (Å²) in [6, 6.07) is 29.8. The first-order chi connectivity index (χ1) is 13.2. The number of nitrogens with zero attached hydrogens (tertiary/aromatic N) is 2. The van der Waals surface area contributed by atoms with Gasteiger partial charge in [0.15, 0.2) is 0 Å². The zero-order valence-corrected chi connectivity index (χ0v) is 14.6. The molecule has 4 nitrogen and oxygen atoms in total. The molecule has 0 aliphatic rings. The molecule has 132 valence electrons. The maximum absolute atomic E-state index is 12.0. The smallest absolute Gasteiger partial charge is 0.354 e. The van der Waals surface area contributed by atoms with Crippen LogP contribution < -0.4 is 0 Å². The fourth-order valence-corrected chi connectivity index (χ4v) is 3.68. The number of aromatic carboxylic acids is 1. The first kappa shape index (κ1) is 16.8. The molecule has 0 aliphatic carbocycles. The minimum absolute atomic E-state index is 0.131. The molecule has 0 saturated heterocycles. The van der Waals surface area contributed by atoms with Crippen molar-refractivity contribution in [2.24, 2.45) is 0 Å². The average molecular weight is 354 g/mol. The molecule has 0 bridgehead atoms. The highest BCUT2D eigenvalue weighted by Crippen LogP contribution is 2.41. The first-order valence-electron chi connectivity index (χ1n) is 8.67. The molecule has 0 radical (unpaired) electrons. The molecule has 0 spiro atoms. The molecule has 4 rings (SSSR count). The summed E-state index contributed by atoms with van der Waals surface area (Å²) in [5.74, 6) is -1.01. The molecule has 3 aromatic carbocycles. The minimum Gasteiger partial charge on any atom is -0.477 e. The summed E-state index contributed by atoms with van der Waals surface area (Å²) >= 11 is 0.